The van der Waals surface area contributed by atoms with Crippen LogP contribution in [-0.4, -0.2) is 41.5 Å². The zero-order chi connectivity index (χ0) is 25.1. The van der Waals surface area contributed by atoms with Crippen LogP contribution in [0.2, 0.25) is 0 Å². The topological polar surface area (TPSA) is 83.6 Å². The fourth-order valence-electron chi connectivity index (χ4n) is 4.12. The number of nitrogens with one attached hydrogen (secondary N) is 1. The molecular weight excluding hydrogens is 416 g/mol. The van der Waals surface area contributed by atoms with Crippen molar-refractivity contribution >= 4 is 23.5 Å². The van der Waals surface area contributed by atoms with Gasteiger partial charge in [0.25, 0.3) is 0 Å². The van der Waals surface area contributed by atoms with Gasteiger partial charge in [0.15, 0.2) is 0 Å². The van der Waals surface area contributed by atoms with Crippen molar-refractivity contribution in [1.29, 1.82) is 0 Å². The number of hydrogen-bond donors (Lipinski definition) is 1. The number of Topliss-reactive ketones (excluding diaryl/α,β-unsaturated/α-hetero) is 1. The van der Waals surface area contributed by atoms with Crippen LogP contribution in [0.5, 0.6) is 0 Å². The van der Waals surface area contributed by atoms with Crippen molar-refractivity contribution in [3.05, 3.63) is 0 Å². The molecular formula is C27H48N2O4. The fourth-order valence-corrected chi connectivity index (χ4v) is 4.12. The van der Waals surface area contributed by atoms with Gasteiger partial charge in [-0.05, 0) is 42.9 Å². The summed E-state index contributed by atoms with van der Waals surface area (Å²) in [4.78, 5) is 49.9. The second kappa shape index (κ2) is 13.9. The highest BCUT2D eigenvalue weighted by Gasteiger charge is 2.44. The Bertz CT molecular complexity index is 658. The third-order valence-corrected chi connectivity index (χ3v) is 6.43. The first-order valence-electron chi connectivity index (χ1n) is 12.9. The molecule has 0 aromatic heterocycles. The highest BCUT2D eigenvalue weighted by atomic mass is 16.2. The smallest absolute Gasteiger partial charge is 0.233 e. The Morgan fingerprint density at radius 1 is 0.848 bits per heavy atom. The Morgan fingerprint density at radius 2 is 1.39 bits per heavy atom. The van der Waals surface area contributed by atoms with Crippen LogP contribution in [0.3, 0.4) is 0 Å². The lowest BCUT2D eigenvalue weighted by Gasteiger charge is -2.24. The van der Waals surface area contributed by atoms with Gasteiger partial charge in [-0.1, -0.05) is 60.8 Å². The second-order valence-electron chi connectivity index (χ2n) is 11.9. The molecule has 3 amide bonds. The van der Waals surface area contributed by atoms with Gasteiger partial charge in [0.2, 0.25) is 17.7 Å². The zero-order valence-electron chi connectivity index (χ0n) is 22.1. The molecule has 1 atom stereocenters. The number of nitrogens with zero attached hydrogens (tertiary/aromatic N) is 1. The Balaban J connectivity index is 2.02. The highest BCUT2D eigenvalue weighted by molar-refractivity contribution is 6.03. The first kappa shape index (κ1) is 29.3. The number of amides is 3. The molecule has 0 spiro atoms. The molecule has 1 rings (SSSR count). The molecule has 1 unspecified atom stereocenters. The zero-order valence-corrected chi connectivity index (χ0v) is 22.1. The third kappa shape index (κ3) is 12.4. The van der Waals surface area contributed by atoms with E-state index in [1.807, 2.05) is 20.8 Å². The van der Waals surface area contributed by atoms with Gasteiger partial charge in [0.1, 0.15) is 5.78 Å². The molecule has 1 saturated heterocycles. The number of likely N-dealkylation sites (tertiary alicyclic amines) is 1. The summed E-state index contributed by atoms with van der Waals surface area (Å²) >= 11 is 0. The average Bonchev–Trinajstić information content (AvgIpc) is 2.97. The van der Waals surface area contributed by atoms with Crippen LogP contribution in [0, 0.1) is 16.7 Å². The van der Waals surface area contributed by atoms with E-state index in [4.69, 9.17) is 0 Å². The van der Waals surface area contributed by atoms with Crippen LogP contribution in [-0.2, 0) is 19.2 Å². The van der Waals surface area contributed by atoms with Crippen molar-refractivity contribution in [2.24, 2.45) is 16.7 Å². The standard InChI is InChI=1S/C27H48N2O4/c1-26(2,3)17-18-28-23(31)16-12-8-7-10-14-21(30)15-11-9-13-19-29-24(32)20-22(25(29)33)27(4,5)6/h22H,7-20H2,1-6H3,(H,28,31). The molecule has 33 heavy (non-hydrogen) atoms. The molecule has 6 nitrogen and oxygen atoms in total. The summed E-state index contributed by atoms with van der Waals surface area (Å²) in [5.74, 6) is 0.108. The molecule has 1 aliphatic heterocycles. The molecule has 190 valence electrons. The maximum absolute atomic E-state index is 12.5. The van der Waals surface area contributed by atoms with E-state index in [0.29, 0.717) is 32.2 Å². The summed E-state index contributed by atoms with van der Waals surface area (Å²) in [6.07, 6.45) is 9.19. The number of carbonyl (C=O) groups excluding carboxylic acids is 4. The summed E-state index contributed by atoms with van der Waals surface area (Å²) < 4.78 is 0. The quantitative estimate of drug-likeness (QED) is 0.259. The monoisotopic (exact) mass is 464 g/mol. The average molecular weight is 465 g/mol. The van der Waals surface area contributed by atoms with Crippen LogP contribution in [0.1, 0.15) is 119 Å². The predicted octanol–water partition coefficient (Wildman–Crippen LogP) is 5.43. The van der Waals surface area contributed by atoms with Crippen LogP contribution in [0.4, 0.5) is 0 Å². The Hall–Kier alpha value is -1.72. The minimum absolute atomic E-state index is 0.0361. The van der Waals surface area contributed by atoms with E-state index < -0.39 is 0 Å². The van der Waals surface area contributed by atoms with Gasteiger partial charge in [-0.15, -0.1) is 0 Å². The van der Waals surface area contributed by atoms with Crippen molar-refractivity contribution in [3.8, 4) is 0 Å². The summed E-state index contributed by atoms with van der Waals surface area (Å²) in [6.45, 7) is 13.7. The molecule has 0 saturated carbocycles. The number of unbranched alkanes of at least 4 members (excludes halogenated alkanes) is 5. The number of hydrogen-bond acceptors (Lipinski definition) is 4. The van der Waals surface area contributed by atoms with E-state index in [9.17, 15) is 19.2 Å². The molecule has 6 heteroatoms. The molecule has 1 heterocycles. The van der Waals surface area contributed by atoms with E-state index in [1.54, 1.807) is 0 Å². The molecule has 1 aliphatic rings. The van der Waals surface area contributed by atoms with Gasteiger partial charge >= 0.3 is 0 Å². The van der Waals surface area contributed by atoms with E-state index in [1.165, 1.54) is 4.90 Å². The lowest BCUT2D eigenvalue weighted by molar-refractivity contribution is -0.140. The van der Waals surface area contributed by atoms with Crippen molar-refractivity contribution in [3.63, 3.8) is 0 Å². The molecule has 0 aromatic rings. The summed E-state index contributed by atoms with van der Waals surface area (Å²) in [5.41, 5.74) is 0.0495. The number of imide groups is 1. The van der Waals surface area contributed by atoms with Crippen LogP contribution >= 0.6 is 0 Å². The van der Waals surface area contributed by atoms with E-state index in [0.717, 1.165) is 57.9 Å². The largest absolute Gasteiger partial charge is 0.356 e. The van der Waals surface area contributed by atoms with Crippen molar-refractivity contribution < 1.29 is 19.2 Å². The lowest BCUT2D eigenvalue weighted by Crippen LogP contribution is -2.34. The predicted molar refractivity (Wildman–Crippen MR) is 133 cm³/mol. The van der Waals surface area contributed by atoms with E-state index in [-0.39, 0.29) is 40.3 Å². The van der Waals surface area contributed by atoms with Gasteiger partial charge in [0.05, 0.1) is 5.92 Å². The third-order valence-electron chi connectivity index (χ3n) is 6.43. The Labute approximate surface area is 201 Å². The Kier molecular flexibility index (Phi) is 12.3. The van der Waals surface area contributed by atoms with E-state index in [2.05, 4.69) is 26.1 Å². The van der Waals surface area contributed by atoms with Crippen LogP contribution < -0.4 is 5.32 Å². The van der Waals surface area contributed by atoms with Crippen molar-refractivity contribution in [2.45, 2.75) is 119 Å². The number of carbonyl (C=O) groups is 4. The highest BCUT2D eigenvalue weighted by Crippen LogP contribution is 2.35. The SMILES string of the molecule is CC(C)(C)CCNC(=O)CCCCCCC(=O)CCCCCN1C(=O)CC(C(C)(C)C)C1=O. The molecule has 0 aliphatic carbocycles. The van der Waals surface area contributed by atoms with Gasteiger partial charge in [-0.2, -0.15) is 0 Å². The molecule has 0 radical (unpaired) electrons. The molecule has 1 fully saturated rings. The van der Waals surface area contributed by atoms with Gasteiger partial charge < -0.3 is 5.32 Å². The maximum atomic E-state index is 12.5. The van der Waals surface area contributed by atoms with Crippen LogP contribution in [0.15, 0.2) is 0 Å². The lowest BCUT2D eigenvalue weighted by atomic mass is 9.80. The number of rotatable bonds is 15. The van der Waals surface area contributed by atoms with Gasteiger partial charge in [0, 0.05) is 38.8 Å². The minimum Gasteiger partial charge on any atom is -0.356 e. The van der Waals surface area contributed by atoms with E-state index >= 15 is 0 Å². The fraction of sp³-hybridized carbons (Fsp3) is 0.852. The van der Waals surface area contributed by atoms with Crippen LogP contribution in [0.25, 0.3) is 0 Å². The molecule has 1 N–H and O–H groups in total. The second-order valence-corrected chi connectivity index (χ2v) is 11.9. The summed E-state index contributed by atoms with van der Waals surface area (Å²) in [5, 5.41) is 2.98. The molecule has 0 bridgehead atoms. The first-order valence-corrected chi connectivity index (χ1v) is 12.9. The van der Waals surface area contributed by atoms with Crippen molar-refractivity contribution in [2.75, 3.05) is 13.1 Å². The molecule has 0 aromatic carbocycles. The van der Waals surface area contributed by atoms with Gasteiger partial charge in [-0.3, -0.25) is 24.1 Å². The first-order chi connectivity index (χ1) is 15.3. The Morgan fingerprint density at radius 3 is 1.91 bits per heavy atom. The summed E-state index contributed by atoms with van der Waals surface area (Å²) in [7, 11) is 0. The summed E-state index contributed by atoms with van der Waals surface area (Å²) in [6, 6.07) is 0. The normalized spacial score (nSPS) is 17.0. The van der Waals surface area contributed by atoms with Crippen molar-refractivity contribution in [1.82, 2.24) is 10.2 Å². The van der Waals surface area contributed by atoms with Gasteiger partial charge in [-0.25, -0.2) is 0 Å². The minimum atomic E-state index is -0.213. The number of ketones is 1. The maximum Gasteiger partial charge on any atom is 0.233 e.